The van der Waals surface area contributed by atoms with Gasteiger partial charge in [-0.3, -0.25) is 0 Å². The van der Waals surface area contributed by atoms with Gasteiger partial charge in [0, 0.05) is 12.1 Å². The van der Waals surface area contributed by atoms with Crippen LogP contribution in [0.25, 0.3) is 0 Å². The molecule has 0 heterocycles. The average molecular weight is 159 g/mol. The molecular formula is C7H13NO3. The van der Waals surface area contributed by atoms with E-state index in [0.29, 0.717) is 6.42 Å². The Labute approximate surface area is 65.6 Å². The van der Waals surface area contributed by atoms with Crippen molar-refractivity contribution in [1.29, 1.82) is 0 Å². The summed E-state index contributed by atoms with van der Waals surface area (Å²) in [6, 6.07) is -0.295. The van der Waals surface area contributed by atoms with Gasteiger partial charge in [0.15, 0.2) is 0 Å². The lowest BCUT2D eigenvalue weighted by molar-refractivity contribution is -0.134. The molecular weight excluding hydrogens is 146 g/mol. The number of ether oxygens (including phenoxy) is 1. The van der Waals surface area contributed by atoms with Crippen LogP contribution in [0, 0.1) is 0 Å². The Morgan fingerprint density at radius 1 is 1.82 bits per heavy atom. The Bertz CT molecular complexity index is 145. The Kier molecular flexibility index (Phi) is 5.42. The fourth-order valence-corrected chi connectivity index (χ4v) is 0.482. The van der Waals surface area contributed by atoms with E-state index in [-0.39, 0.29) is 12.6 Å². The van der Waals surface area contributed by atoms with Crippen molar-refractivity contribution in [3.63, 3.8) is 0 Å². The lowest BCUT2D eigenvalue weighted by Gasteiger charge is -2.01. The second-order valence-electron chi connectivity index (χ2n) is 2.10. The van der Waals surface area contributed by atoms with Crippen molar-refractivity contribution >= 4 is 5.97 Å². The number of carbonyl (C=O) groups is 1. The van der Waals surface area contributed by atoms with Crippen LogP contribution in [0.3, 0.4) is 0 Å². The van der Waals surface area contributed by atoms with E-state index in [1.54, 1.807) is 6.08 Å². The van der Waals surface area contributed by atoms with E-state index in [1.165, 1.54) is 13.2 Å². The van der Waals surface area contributed by atoms with E-state index in [1.807, 2.05) is 0 Å². The molecule has 4 nitrogen and oxygen atoms in total. The van der Waals surface area contributed by atoms with Gasteiger partial charge in [-0.25, -0.2) is 4.79 Å². The summed E-state index contributed by atoms with van der Waals surface area (Å²) in [6.45, 7) is -0.0779. The number of aliphatic hydroxyl groups is 1. The Morgan fingerprint density at radius 3 is 2.91 bits per heavy atom. The van der Waals surface area contributed by atoms with Crippen molar-refractivity contribution in [2.24, 2.45) is 5.73 Å². The number of nitrogens with two attached hydrogens (primary N) is 1. The standard InChI is InChI=1S/C7H13NO3/c1-11-7(10)4-2-3-6(8)5-9/h2,4,6,9H,3,5,8H2,1H3/b4-2+. The van der Waals surface area contributed by atoms with E-state index >= 15 is 0 Å². The third kappa shape index (κ3) is 5.57. The Morgan fingerprint density at radius 2 is 2.45 bits per heavy atom. The Hall–Kier alpha value is -0.870. The predicted molar refractivity (Wildman–Crippen MR) is 40.8 cm³/mol. The first kappa shape index (κ1) is 10.1. The molecule has 11 heavy (non-hydrogen) atoms. The molecule has 0 radical (unpaired) electrons. The molecule has 0 amide bonds. The summed E-state index contributed by atoms with van der Waals surface area (Å²) in [7, 11) is 1.30. The van der Waals surface area contributed by atoms with E-state index in [2.05, 4.69) is 4.74 Å². The molecule has 0 rings (SSSR count). The van der Waals surface area contributed by atoms with Gasteiger partial charge in [0.1, 0.15) is 0 Å². The van der Waals surface area contributed by atoms with Crippen molar-refractivity contribution in [1.82, 2.24) is 0 Å². The van der Waals surface area contributed by atoms with Crippen LogP contribution in [0.15, 0.2) is 12.2 Å². The molecule has 1 atom stereocenters. The number of esters is 1. The topological polar surface area (TPSA) is 72.5 Å². The van der Waals surface area contributed by atoms with Gasteiger partial charge in [0.05, 0.1) is 13.7 Å². The summed E-state index contributed by atoms with van der Waals surface area (Å²) in [5.74, 6) is -0.407. The van der Waals surface area contributed by atoms with Crippen LogP contribution >= 0.6 is 0 Å². The second-order valence-corrected chi connectivity index (χ2v) is 2.10. The largest absolute Gasteiger partial charge is 0.466 e. The van der Waals surface area contributed by atoms with E-state index in [4.69, 9.17) is 10.8 Å². The molecule has 3 N–H and O–H groups in total. The lowest BCUT2D eigenvalue weighted by atomic mass is 10.2. The summed E-state index contributed by atoms with van der Waals surface area (Å²) in [5, 5.41) is 8.48. The average Bonchev–Trinajstić information content (AvgIpc) is 2.04. The maximum atomic E-state index is 10.5. The summed E-state index contributed by atoms with van der Waals surface area (Å²) in [4.78, 5) is 10.5. The first-order valence-electron chi connectivity index (χ1n) is 3.31. The maximum Gasteiger partial charge on any atom is 0.330 e. The zero-order valence-corrected chi connectivity index (χ0v) is 6.49. The molecule has 0 saturated heterocycles. The number of aliphatic hydroxyl groups excluding tert-OH is 1. The van der Waals surface area contributed by atoms with Gasteiger partial charge < -0.3 is 15.6 Å². The zero-order valence-electron chi connectivity index (χ0n) is 6.49. The molecule has 0 aliphatic heterocycles. The first-order chi connectivity index (χ1) is 5.20. The highest BCUT2D eigenvalue weighted by Gasteiger charge is 1.96. The highest BCUT2D eigenvalue weighted by molar-refractivity contribution is 5.81. The number of hydrogen-bond donors (Lipinski definition) is 2. The van der Waals surface area contributed by atoms with Crippen molar-refractivity contribution in [2.45, 2.75) is 12.5 Å². The first-order valence-corrected chi connectivity index (χ1v) is 3.31. The SMILES string of the molecule is COC(=O)/C=C/CC(N)CO. The quantitative estimate of drug-likeness (QED) is 0.425. The summed E-state index contributed by atoms with van der Waals surface area (Å²) < 4.78 is 4.34. The van der Waals surface area contributed by atoms with Crippen molar-refractivity contribution in [2.75, 3.05) is 13.7 Å². The van der Waals surface area contributed by atoms with Crippen LogP contribution < -0.4 is 5.73 Å². The normalized spacial score (nSPS) is 13.4. The summed E-state index contributed by atoms with van der Waals surface area (Å²) in [6.07, 6.45) is 3.34. The minimum atomic E-state index is -0.407. The minimum Gasteiger partial charge on any atom is -0.466 e. The van der Waals surface area contributed by atoms with Gasteiger partial charge in [-0.15, -0.1) is 0 Å². The molecule has 0 spiro atoms. The fourth-order valence-electron chi connectivity index (χ4n) is 0.482. The predicted octanol–water partition coefficient (Wildman–Crippen LogP) is -0.575. The molecule has 0 aromatic carbocycles. The van der Waals surface area contributed by atoms with Gasteiger partial charge in [-0.1, -0.05) is 6.08 Å². The van der Waals surface area contributed by atoms with Crippen molar-refractivity contribution in [3.05, 3.63) is 12.2 Å². The number of rotatable bonds is 4. The van der Waals surface area contributed by atoms with Crippen molar-refractivity contribution < 1.29 is 14.6 Å². The minimum absolute atomic E-state index is 0.0779. The van der Waals surface area contributed by atoms with Gasteiger partial charge in [-0.05, 0) is 6.42 Å². The zero-order chi connectivity index (χ0) is 8.69. The third-order valence-corrected chi connectivity index (χ3v) is 1.13. The van der Waals surface area contributed by atoms with E-state index in [9.17, 15) is 4.79 Å². The monoisotopic (exact) mass is 159 g/mol. The van der Waals surface area contributed by atoms with E-state index < -0.39 is 5.97 Å². The van der Waals surface area contributed by atoms with Crippen LogP contribution in [0.5, 0.6) is 0 Å². The van der Waals surface area contributed by atoms with Crippen LogP contribution in [-0.2, 0) is 9.53 Å². The molecule has 0 fully saturated rings. The highest BCUT2D eigenvalue weighted by Crippen LogP contribution is 1.89. The Balaban J connectivity index is 3.51. The van der Waals surface area contributed by atoms with Crippen LogP contribution in [0.2, 0.25) is 0 Å². The van der Waals surface area contributed by atoms with Gasteiger partial charge in [0.2, 0.25) is 0 Å². The van der Waals surface area contributed by atoms with Crippen LogP contribution in [0.1, 0.15) is 6.42 Å². The molecule has 0 saturated carbocycles. The molecule has 64 valence electrons. The van der Waals surface area contributed by atoms with Gasteiger partial charge in [0.25, 0.3) is 0 Å². The molecule has 0 bridgehead atoms. The summed E-state index contributed by atoms with van der Waals surface area (Å²) in [5.41, 5.74) is 5.35. The van der Waals surface area contributed by atoms with Crippen LogP contribution in [0.4, 0.5) is 0 Å². The number of carbonyl (C=O) groups excluding carboxylic acids is 1. The van der Waals surface area contributed by atoms with Crippen LogP contribution in [-0.4, -0.2) is 30.8 Å². The molecule has 0 aliphatic rings. The molecule has 0 aromatic heterocycles. The molecule has 4 heteroatoms. The maximum absolute atomic E-state index is 10.5. The third-order valence-electron chi connectivity index (χ3n) is 1.13. The number of methoxy groups -OCH3 is 1. The highest BCUT2D eigenvalue weighted by atomic mass is 16.5. The molecule has 0 aromatic rings. The lowest BCUT2D eigenvalue weighted by Crippen LogP contribution is -2.23. The molecule has 0 aliphatic carbocycles. The van der Waals surface area contributed by atoms with Gasteiger partial charge >= 0.3 is 5.97 Å². The van der Waals surface area contributed by atoms with Crippen molar-refractivity contribution in [3.8, 4) is 0 Å². The number of hydrogen-bond acceptors (Lipinski definition) is 4. The fraction of sp³-hybridized carbons (Fsp3) is 0.571. The second kappa shape index (κ2) is 5.88. The molecule has 1 unspecified atom stereocenters. The van der Waals surface area contributed by atoms with Gasteiger partial charge in [-0.2, -0.15) is 0 Å². The summed E-state index contributed by atoms with van der Waals surface area (Å²) >= 11 is 0. The van der Waals surface area contributed by atoms with E-state index in [0.717, 1.165) is 0 Å². The smallest absolute Gasteiger partial charge is 0.330 e.